The van der Waals surface area contributed by atoms with Gasteiger partial charge in [0, 0.05) is 17.5 Å². The summed E-state index contributed by atoms with van der Waals surface area (Å²) < 4.78 is 12.3. The van der Waals surface area contributed by atoms with Crippen LogP contribution in [0.15, 0.2) is 28.7 Å². The Morgan fingerprint density at radius 2 is 2.00 bits per heavy atom. The van der Waals surface area contributed by atoms with Gasteiger partial charge < -0.3 is 9.47 Å². The summed E-state index contributed by atoms with van der Waals surface area (Å²) in [5.41, 5.74) is 1.10. The van der Waals surface area contributed by atoms with Crippen LogP contribution < -0.4 is 0 Å². The summed E-state index contributed by atoms with van der Waals surface area (Å²) in [4.78, 5) is 11.4. The van der Waals surface area contributed by atoms with Crippen molar-refractivity contribution in [3.05, 3.63) is 34.3 Å². The summed E-state index contributed by atoms with van der Waals surface area (Å²) in [5, 5.41) is 0. The number of ketones is 1. The van der Waals surface area contributed by atoms with E-state index in [4.69, 9.17) is 9.47 Å². The Hall–Kier alpha value is -0.710. The molecule has 3 nitrogen and oxygen atoms in total. The van der Waals surface area contributed by atoms with E-state index in [0.717, 1.165) is 16.5 Å². The molecule has 2 rings (SSSR count). The highest BCUT2D eigenvalue weighted by atomic mass is 79.9. The smallest absolute Gasteiger partial charge is 0.166 e. The molecule has 0 bridgehead atoms. The van der Waals surface area contributed by atoms with Crippen LogP contribution in [-0.2, 0) is 20.9 Å². The summed E-state index contributed by atoms with van der Waals surface area (Å²) in [5.74, 6) is 0.157. The highest BCUT2D eigenvalue weighted by molar-refractivity contribution is 9.10. The minimum Gasteiger partial charge on any atom is -0.370 e. The Balaban J connectivity index is 1.79. The van der Waals surface area contributed by atoms with Crippen molar-refractivity contribution in [2.45, 2.75) is 38.6 Å². The third kappa shape index (κ3) is 3.40. The second kappa shape index (κ2) is 6.45. The average molecular weight is 313 g/mol. The lowest BCUT2D eigenvalue weighted by Gasteiger charge is -2.34. The summed E-state index contributed by atoms with van der Waals surface area (Å²) in [6, 6.07) is 7.98. The first-order valence-electron chi connectivity index (χ1n) is 6.21. The average Bonchev–Trinajstić information content (AvgIpc) is 2.36. The summed E-state index contributed by atoms with van der Waals surface area (Å²) in [6.45, 7) is 3.17. The zero-order valence-electron chi connectivity index (χ0n) is 10.4. The minimum atomic E-state index is -0.347. The molecule has 18 heavy (non-hydrogen) atoms. The van der Waals surface area contributed by atoms with Crippen molar-refractivity contribution in [3.63, 3.8) is 0 Å². The zero-order chi connectivity index (χ0) is 13.0. The molecule has 0 heterocycles. The molecule has 1 aromatic carbocycles. The molecule has 0 N–H and O–H groups in total. The van der Waals surface area contributed by atoms with Gasteiger partial charge in [-0.2, -0.15) is 0 Å². The molecular formula is C14H17BrO3. The van der Waals surface area contributed by atoms with Crippen LogP contribution in [0, 0.1) is 0 Å². The Morgan fingerprint density at radius 1 is 1.28 bits per heavy atom. The number of carbonyl (C=O) groups is 1. The van der Waals surface area contributed by atoms with Gasteiger partial charge in [0.25, 0.3) is 0 Å². The number of hydrogen-bond donors (Lipinski definition) is 0. The van der Waals surface area contributed by atoms with Crippen LogP contribution in [0.1, 0.15) is 25.3 Å². The van der Waals surface area contributed by atoms with E-state index in [1.54, 1.807) is 0 Å². The predicted molar refractivity (Wildman–Crippen MR) is 72.4 cm³/mol. The molecule has 0 aromatic heterocycles. The Labute approximate surface area is 116 Å². The number of halogens is 1. The number of carbonyl (C=O) groups excluding carboxylic acids is 1. The molecule has 1 aliphatic rings. The van der Waals surface area contributed by atoms with Crippen LogP contribution in [-0.4, -0.2) is 24.6 Å². The van der Waals surface area contributed by atoms with Crippen molar-refractivity contribution in [3.8, 4) is 0 Å². The lowest BCUT2D eigenvalue weighted by atomic mass is 9.90. The van der Waals surface area contributed by atoms with Gasteiger partial charge in [-0.3, -0.25) is 4.79 Å². The van der Waals surface area contributed by atoms with E-state index in [9.17, 15) is 4.79 Å². The first kappa shape index (κ1) is 13.7. The maximum Gasteiger partial charge on any atom is 0.166 e. The first-order valence-corrected chi connectivity index (χ1v) is 7.00. The van der Waals surface area contributed by atoms with Crippen molar-refractivity contribution in [1.82, 2.24) is 0 Å². The monoisotopic (exact) mass is 312 g/mol. The van der Waals surface area contributed by atoms with Crippen molar-refractivity contribution in [1.29, 1.82) is 0 Å². The second-order valence-electron chi connectivity index (χ2n) is 4.44. The van der Waals surface area contributed by atoms with Crippen molar-refractivity contribution in [2.75, 3.05) is 6.61 Å². The molecule has 2 unspecified atom stereocenters. The summed E-state index contributed by atoms with van der Waals surface area (Å²) in [7, 11) is 0. The standard InChI is InChI=1S/C14H17BrO3/c1-2-7-17-14-12(16)8-13(14)18-9-10-3-5-11(15)6-4-10/h3-6,13-14H,2,7-9H2,1H3. The topological polar surface area (TPSA) is 35.5 Å². The molecule has 0 aliphatic heterocycles. The van der Waals surface area contributed by atoms with Crippen molar-refractivity contribution >= 4 is 21.7 Å². The first-order chi connectivity index (χ1) is 8.70. The van der Waals surface area contributed by atoms with Gasteiger partial charge in [0.15, 0.2) is 5.78 Å². The number of hydrogen-bond acceptors (Lipinski definition) is 3. The molecule has 1 saturated carbocycles. The largest absolute Gasteiger partial charge is 0.370 e. The Kier molecular flexibility index (Phi) is 4.92. The molecule has 2 atom stereocenters. The van der Waals surface area contributed by atoms with Crippen molar-refractivity contribution in [2.24, 2.45) is 0 Å². The van der Waals surface area contributed by atoms with Gasteiger partial charge in [0.2, 0.25) is 0 Å². The minimum absolute atomic E-state index is 0.0762. The second-order valence-corrected chi connectivity index (χ2v) is 5.35. The number of rotatable bonds is 6. The lowest BCUT2D eigenvalue weighted by Crippen LogP contribution is -2.50. The van der Waals surface area contributed by atoms with Crippen LogP contribution in [0.5, 0.6) is 0 Å². The number of benzene rings is 1. The number of Topliss-reactive ketones (excluding diaryl/α,β-unsaturated/α-hetero) is 1. The van der Waals surface area contributed by atoms with Crippen molar-refractivity contribution < 1.29 is 14.3 Å². The molecule has 0 amide bonds. The summed E-state index contributed by atoms with van der Waals surface area (Å²) in [6.07, 6.45) is 0.974. The third-order valence-corrected chi connectivity index (χ3v) is 3.46. The van der Waals surface area contributed by atoms with E-state index in [1.807, 2.05) is 31.2 Å². The van der Waals surface area contributed by atoms with Gasteiger partial charge in [-0.1, -0.05) is 35.0 Å². The maximum absolute atomic E-state index is 11.4. The summed E-state index contributed by atoms with van der Waals surface area (Å²) >= 11 is 3.39. The van der Waals surface area contributed by atoms with Crippen LogP contribution in [0.3, 0.4) is 0 Å². The normalized spacial score (nSPS) is 22.9. The molecular weight excluding hydrogens is 296 g/mol. The highest BCUT2D eigenvalue weighted by Crippen LogP contribution is 2.24. The molecule has 98 valence electrons. The van der Waals surface area contributed by atoms with Gasteiger partial charge >= 0.3 is 0 Å². The molecule has 1 fully saturated rings. The van der Waals surface area contributed by atoms with E-state index in [1.165, 1.54) is 0 Å². The van der Waals surface area contributed by atoms with E-state index >= 15 is 0 Å². The highest BCUT2D eigenvalue weighted by Gasteiger charge is 2.41. The fourth-order valence-corrected chi connectivity index (χ4v) is 2.11. The van der Waals surface area contributed by atoms with Gasteiger partial charge in [0.1, 0.15) is 6.10 Å². The van der Waals surface area contributed by atoms with E-state index < -0.39 is 0 Å². The Bertz CT molecular complexity index is 402. The Morgan fingerprint density at radius 3 is 2.61 bits per heavy atom. The van der Waals surface area contributed by atoms with E-state index in [2.05, 4.69) is 15.9 Å². The van der Waals surface area contributed by atoms with Gasteiger partial charge in [-0.25, -0.2) is 0 Å². The van der Waals surface area contributed by atoms with Gasteiger partial charge in [-0.05, 0) is 24.1 Å². The molecule has 1 aliphatic carbocycles. The number of ether oxygens (including phenoxy) is 2. The predicted octanol–water partition coefficient (Wildman–Crippen LogP) is 3.10. The van der Waals surface area contributed by atoms with E-state index in [0.29, 0.717) is 19.6 Å². The van der Waals surface area contributed by atoms with E-state index in [-0.39, 0.29) is 18.0 Å². The van der Waals surface area contributed by atoms with Crippen LogP contribution in [0.2, 0.25) is 0 Å². The molecule has 4 heteroatoms. The SMILES string of the molecule is CCCOC1C(=O)CC1OCc1ccc(Br)cc1. The van der Waals surface area contributed by atoms with Crippen LogP contribution in [0.25, 0.3) is 0 Å². The van der Waals surface area contributed by atoms with Crippen LogP contribution in [0.4, 0.5) is 0 Å². The quantitative estimate of drug-likeness (QED) is 0.809. The molecule has 0 saturated heterocycles. The van der Waals surface area contributed by atoms with Crippen LogP contribution >= 0.6 is 15.9 Å². The third-order valence-electron chi connectivity index (χ3n) is 2.94. The molecule has 0 spiro atoms. The van der Waals surface area contributed by atoms with Gasteiger partial charge in [0.05, 0.1) is 12.7 Å². The van der Waals surface area contributed by atoms with Gasteiger partial charge in [-0.15, -0.1) is 0 Å². The lowest BCUT2D eigenvalue weighted by molar-refractivity contribution is -0.167. The maximum atomic E-state index is 11.4. The fourth-order valence-electron chi connectivity index (χ4n) is 1.84. The molecule has 1 aromatic rings. The zero-order valence-corrected chi connectivity index (χ0v) is 12.0. The fraction of sp³-hybridized carbons (Fsp3) is 0.500. The molecule has 0 radical (unpaired) electrons.